The first-order valence-corrected chi connectivity index (χ1v) is 9.76. The third-order valence-corrected chi connectivity index (χ3v) is 5.51. The van der Waals surface area contributed by atoms with Gasteiger partial charge in [-0.3, -0.25) is 9.79 Å². The van der Waals surface area contributed by atoms with Crippen molar-refractivity contribution in [3.8, 4) is 0 Å². The van der Waals surface area contributed by atoms with Gasteiger partial charge in [-0.25, -0.2) is 0 Å². The number of hydrogen-bond acceptors (Lipinski definition) is 3. The van der Waals surface area contributed by atoms with Gasteiger partial charge in [-0.2, -0.15) is 0 Å². The van der Waals surface area contributed by atoms with Gasteiger partial charge in [-0.15, -0.1) is 0 Å². The molecule has 1 fully saturated rings. The van der Waals surface area contributed by atoms with Crippen molar-refractivity contribution in [1.82, 2.24) is 20.0 Å². The molecule has 0 aliphatic carbocycles. The van der Waals surface area contributed by atoms with E-state index in [1.165, 1.54) is 0 Å². The highest BCUT2D eigenvalue weighted by molar-refractivity contribution is 6.30. The lowest BCUT2D eigenvalue weighted by molar-refractivity contribution is -0.131. The number of carbonyl (C=O) groups excluding carboxylic acids is 1. The summed E-state index contributed by atoms with van der Waals surface area (Å²) in [5.41, 5.74) is 0.989. The van der Waals surface area contributed by atoms with E-state index in [1.807, 2.05) is 36.2 Å². The van der Waals surface area contributed by atoms with Crippen molar-refractivity contribution in [3.63, 3.8) is 0 Å². The van der Waals surface area contributed by atoms with Gasteiger partial charge in [0.25, 0.3) is 0 Å². The molecular formula is C20H32ClN5O. The van der Waals surface area contributed by atoms with E-state index in [9.17, 15) is 4.79 Å². The molecule has 0 aromatic heterocycles. The van der Waals surface area contributed by atoms with E-state index in [2.05, 4.69) is 48.1 Å². The summed E-state index contributed by atoms with van der Waals surface area (Å²) < 4.78 is 0. The highest BCUT2D eigenvalue weighted by Crippen LogP contribution is 2.13. The molecule has 27 heavy (non-hydrogen) atoms. The smallest absolute Gasteiger partial charge is 0.227 e. The first-order valence-electron chi connectivity index (χ1n) is 9.38. The minimum Gasteiger partial charge on any atom is -0.354 e. The summed E-state index contributed by atoms with van der Waals surface area (Å²) >= 11 is 6.01. The molecule has 1 aromatic rings. The van der Waals surface area contributed by atoms with Gasteiger partial charge in [0.15, 0.2) is 5.96 Å². The summed E-state index contributed by atoms with van der Waals surface area (Å²) in [6.45, 7) is 8.17. The van der Waals surface area contributed by atoms with Crippen LogP contribution in [-0.2, 0) is 11.2 Å². The highest BCUT2D eigenvalue weighted by atomic mass is 35.5. The number of piperazine rings is 1. The van der Waals surface area contributed by atoms with Crippen LogP contribution in [0.2, 0.25) is 5.02 Å². The Labute approximate surface area is 168 Å². The third kappa shape index (κ3) is 6.11. The van der Waals surface area contributed by atoms with Gasteiger partial charge in [0.1, 0.15) is 0 Å². The molecule has 7 heteroatoms. The Morgan fingerprint density at radius 1 is 1.22 bits per heavy atom. The van der Waals surface area contributed by atoms with Gasteiger partial charge in [0.2, 0.25) is 5.91 Å². The van der Waals surface area contributed by atoms with Crippen LogP contribution >= 0.6 is 11.6 Å². The van der Waals surface area contributed by atoms with Crippen LogP contribution in [0.3, 0.4) is 0 Å². The highest BCUT2D eigenvalue weighted by Gasteiger charge is 2.25. The lowest BCUT2D eigenvalue weighted by Crippen LogP contribution is -2.56. The van der Waals surface area contributed by atoms with Crippen molar-refractivity contribution in [1.29, 1.82) is 0 Å². The van der Waals surface area contributed by atoms with Crippen LogP contribution in [0.1, 0.15) is 19.4 Å². The van der Waals surface area contributed by atoms with E-state index >= 15 is 0 Å². The lowest BCUT2D eigenvalue weighted by Gasteiger charge is -2.38. The number of likely N-dealkylation sites (N-methyl/N-ethyl adjacent to an activating group) is 1. The molecule has 0 saturated carbocycles. The molecule has 1 aliphatic rings. The SMILES string of the molecule is CN=C(NCC(C)(C)N(C)C)N1CCN(C(=O)Cc2cccc(Cl)c2)CC1. The van der Waals surface area contributed by atoms with E-state index in [0.29, 0.717) is 24.5 Å². The number of guanidine groups is 1. The zero-order valence-corrected chi connectivity index (χ0v) is 17.9. The Morgan fingerprint density at radius 2 is 1.85 bits per heavy atom. The molecule has 1 N–H and O–H groups in total. The number of carbonyl (C=O) groups is 1. The first kappa shape index (κ1) is 21.5. The van der Waals surface area contributed by atoms with E-state index in [1.54, 1.807) is 0 Å². The van der Waals surface area contributed by atoms with Crippen molar-refractivity contribution in [2.24, 2.45) is 4.99 Å². The van der Waals surface area contributed by atoms with E-state index in [-0.39, 0.29) is 11.4 Å². The molecule has 1 saturated heterocycles. The van der Waals surface area contributed by atoms with Crippen LogP contribution < -0.4 is 5.32 Å². The Kier molecular flexibility index (Phi) is 7.50. The second-order valence-corrected chi connectivity index (χ2v) is 8.22. The maximum Gasteiger partial charge on any atom is 0.227 e. The summed E-state index contributed by atoms with van der Waals surface area (Å²) in [6, 6.07) is 7.50. The number of rotatable bonds is 5. The maximum atomic E-state index is 12.6. The standard InChI is InChI=1S/C20H32ClN5O/c1-20(2,24(4)5)15-23-19(22-3)26-11-9-25(10-12-26)18(27)14-16-7-6-8-17(21)13-16/h6-8,13H,9-12,14-15H2,1-5H3,(H,22,23). The summed E-state index contributed by atoms with van der Waals surface area (Å²) in [7, 11) is 5.96. The summed E-state index contributed by atoms with van der Waals surface area (Å²) in [6.07, 6.45) is 0.393. The zero-order chi connectivity index (χ0) is 20.0. The molecule has 0 radical (unpaired) electrons. The second-order valence-electron chi connectivity index (χ2n) is 7.78. The predicted octanol–water partition coefficient (Wildman–Crippen LogP) is 1.94. The fourth-order valence-electron chi connectivity index (χ4n) is 2.89. The lowest BCUT2D eigenvalue weighted by atomic mass is 10.0. The zero-order valence-electron chi connectivity index (χ0n) is 17.1. The number of hydrogen-bond donors (Lipinski definition) is 1. The van der Waals surface area contributed by atoms with Crippen LogP contribution in [0, 0.1) is 0 Å². The Morgan fingerprint density at radius 3 is 2.41 bits per heavy atom. The van der Waals surface area contributed by atoms with Gasteiger partial charge in [0.05, 0.1) is 6.42 Å². The molecule has 0 unspecified atom stereocenters. The normalized spacial score (nSPS) is 16.0. The van der Waals surface area contributed by atoms with Crippen LogP contribution in [0.15, 0.2) is 29.3 Å². The van der Waals surface area contributed by atoms with Gasteiger partial charge in [0, 0.05) is 50.3 Å². The van der Waals surface area contributed by atoms with Gasteiger partial charge < -0.3 is 20.0 Å². The fourth-order valence-corrected chi connectivity index (χ4v) is 3.10. The van der Waals surface area contributed by atoms with Crippen molar-refractivity contribution in [2.75, 3.05) is 53.9 Å². The van der Waals surface area contributed by atoms with E-state index < -0.39 is 0 Å². The summed E-state index contributed by atoms with van der Waals surface area (Å²) in [5.74, 6) is 1.04. The Hall–Kier alpha value is -1.79. The monoisotopic (exact) mass is 393 g/mol. The van der Waals surface area contributed by atoms with Gasteiger partial charge in [-0.1, -0.05) is 23.7 Å². The van der Waals surface area contributed by atoms with Crippen LogP contribution in [0.4, 0.5) is 0 Å². The summed E-state index contributed by atoms with van der Waals surface area (Å²) in [5, 5.41) is 4.13. The molecule has 0 spiro atoms. The molecule has 150 valence electrons. The maximum absolute atomic E-state index is 12.6. The molecule has 1 aliphatic heterocycles. The molecule has 0 atom stereocenters. The van der Waals surface area contributed by atoms with Crippen LogP contribution in [0.5, 0.6) is 0 Å². The van der Waals surface area contributed by atoms with Crippen molar-refractivity contribution < 1.29 is 4.79 Å². The number of aliphatic imine (C=N–C) groups is 1. The molecule has 2 rings (SSSR count). The number of benzene rings is 1. The number of nitrogens with one attached hydrogen (secondary N) is 1. The molecule has 6 nitrogen and oxygen atoms in total. The van der Waals surface area contributed by atoms with Crippen LogP contribution in [0.25, 0.3) is 0 Å². The van der Waals surface area contributed by atoms with Crippen molar-refractivity contribution in [3.05, 3.63) is 34.9 Å². The van der Waals surface area contributed by atoms with E-state index in [0.717, 1.165) is 31.2 Å². The molecular weight excluding hydrogens is 362 g/mol. The van der Waals surface area contributed by atoms with Crippen LogP contribution in [-0.4, -0.2) is 86.0 Å². The van der Waals surface area contributed by atoms with Gasteiger partial charge in [-0.05, 0) is 45.6 Å². The topological polar surface area (TPSA) is 51.2 Å². The molecule has 0 bridgehead atoms. The third-order valence-electron chi connectivity index (χ3n) is 5.28. The largest absolute Gasteiger partial charge is 0.354 e. The second kappa shape index (κ2) is 9.42. The average molecular weight is 394 g/mol. The van der Waals surface area contributed by atoms with Crippen molar-refractivity contribution >= 4 is 23.5 Å². The minimum atomic E-state index is 0.0324. The van der Waals surface area contributed by atoms with Crippen molar-refractivity contribution in [2.45, 2.75) is 25.8 Å². The Balaban J connectivity index is 1.85. The predicted molar refractivity (Wildman–Crippen MR) is 112 cm³/mol. The summed E-state index contributed by atoms with van der Waals surface area (Å²) in [4.78, 5) is 23.3. The quantitative estimate of drug-likeness (QED) is 0.613. The average Bonchev–Trinajstić information content (AvgIpc) is 2.62. The molecule has 1 aromatic carbocycles. The number of nitrogens with zero attached hydrogens (tertiary/aromatic N) is 4. The first-order chi connectivity index (χ1) is 12.7. The molecule has 1 heterocycles. The fraction of sp³-hybridized carbons (Fsp3) is 0.600. The Bertz CT molecular complexity index is 666. The minimum absolute atomic E-state index is 0.0324. The molecule has 1 amide bonds. The number of amides is 1. The number of halogens is 1. The van der Waals surface area contributed by atoms with E-state index in [4.69, 9.17) is 11.6 Å². The van der Waals surface area contributed by atoms with Gasteiger partial charge >= 0.3 is 0 Å².